The molecule has 0 radical (unpaired) electrons. The molecule has 0 saturated carbocycles. The number of ether oxygens (including phenoxy) is 6. The first-order valence-corrected chi connectivity index (χ1v) is 28.9. The zero-order valence-corrected chi connectivity index (χ0v) is 45.6. The highest BCUT2D eigenvalue weighted by Crippen LogP contribution is 2.27. The van der Waals surface area contributed by atoms with Gasteiger partial charge in [-0.05, 0) is 51.4 Å². The van der Waals surface area contributed by atoms with Crippen LogP contribution in [0, 0.1) is 0 Å². The Balaban J connectivity index is 1.77. The summed E-state index contributed by atoms with van der Waals surface area (Å²) in [7, 11) is 0. The largest absolute Gasteiger partial charge is 0.462 e. The molecule has 2 rings (SSSR count). The van der Waals surface area contributed by atoms with Crippen molar-refractivity contribution in [3.63, 3.8) is 0 Å². The zero-order valence-electron chi connectivity index (χ0n) is 45.6. The van der Waals surface area contributed by atoms with Gasteiger partial charge in [0.15, 0.2) is 18.7 Å². The van der Waals surface area contributed by atoms with E-state index in [4.69, 9.17) is 28.4 Å². The molecule has 2 aliphatic rings. The van der Waals surface area contributed by atoms with Crippen LogP contribution in [0.15, 0.2) is 60.8 Å². The molecule has 0 aliphatic carbocycles. The predicted molar refractivity (Wildman–Crippen MR) is 289 cm³/mol. The van der Waals surface area contributed by atoms with Crippen molar-refractivity contribution < 1.29 is 73.8 Å². The molecule has 0 bridgehead atoms. The summed E-state index contributed by atoms with van der Waals surface area (Å²) in [6.45, 7) is 2.44. The third-order valence-electron chi connectivity index (χ3n) is 13.5. The molecule has 2 aliphatic heterocycles. The van der Waals surface area contributed by atoms with E-state index < -0.39 is 99.3 Å². The van der Waals surface area contributed by atoms with Crippen LogP contribution >= 0.6 is 0 Å². The van der Waals surface area contributed by atoms with Crippen LogP contribution in [0.5, 0.6) is 0 Å². The van der Waals surface area contributed by atoms with E-state index in [1.54, 1.807) is 0 Å². The average molecular weight is 1050 g/mol. The van der Waals surface area contributed by atoms with Crippen molar-refractivity contribution in [2.24, 2.45) is 0 Å². The first-order chi connectivity index (χ1) is 36.0. The molecule has 0 spiro atoms. The fourth-order valence-corrected chi connectivity index (χ4v) is 8.84. The number of hydrogen-bond donors (Lipinski definition) is 7. The van der Waals surface area contributed by atoms with Gasteiger partial charge in [0.1, 0.15) is 55.4 Å². The Bertz CT molecular complexity index is 1520. The number of aliphatic hydroxyl groups is 7. The monoisotopic (exact) mass is 1050 g/mol. The van der Waals surface area contributed by atoms with E-state index in [0.29, 0.717) is 19.3 Å². The average Bonchev–Trinajstić information content (AvgIpc) is 3.39. The van der Waals surface area contributed by atoms with Gasteiger partial charge in [0, 0.05) is 12.8 Å². The van der Waals surface area contributed by atoms with Gasteiger partial charge in [0.2, 0.25) is 0 Å². The minimum atomic E-state index is -1.78. The van der Waals surface area contributed by atoms with Crippen molar-refractivity contribution in [3.8, 4) is 0 Å². The Morgan fingerprint density at radius 1 is 0.446 bits per heavy atom. The predicted octanol–water partition coefficient (Wildman–Crippen LogP) is 9.61. The Kier molecular flexibility index (Phi) is 41.2. The Labute approximate surface area is 445 Å². The highest BCUT2D eigenvalue weighted by atomic mass is 16.7. The Hall–Kier alpha value is -2.80. The van der Waals surface area contributed by atoms with Crippen molar-refractivity contribution in [2.45, 2.75) is 274 Å². The molecular formula is C59H102O15. The van der Waals surface area contributed by atoms with Gasteiger partial charge in [0.05, 0.1) is 19.8 Å². The minimum absolute atomic E-state index is 0.0863. The maximum absolute atomic E-state index is 13.0. The summed E-state index contributed by atoms with van der Waals surface area (Å²) in [6, 6.07) is 0. The van der Waals surface area contributed by atoms with Gasteiger partial charge in [-0.1, -0.05) is 203 Å². The molecule has 0 aromatic carbocycles. The van der Waals surface area contributed by atoms with E-state index in [0.717, 1.165) is 51.4 Å². The van der Waals surface area contributed by atoms with Gasteiger partial charge in [-0.25, -0.2) is 0 Å². The Morgan fingerprint density at radius 2 is 0.851 bits per heavy atom. The van der Waals surface area contributed by atoms with Crippen LogP contribution < -0.4 is 0 Å². The number of hydrogen-bond acceptors (Lipinski definition) is 15. The van der Waals surface area contributed by atoms with Crippen molar-refractivity contribution in [1.82, 2.24) is 0 Å². The maximum Gasteiger partial charge on any atom is 0.306 e. The highest BCUT2D eigenvalue weighted by molar-refractivity contribution is 5.70. The second kappa shape index (κ2) is 45.2. The van der Waals surface area contributed by atoms with Crippen LogP contribution in [0.25, 0.3) is 0 Å². The standard InChI is InChI=1S/C59H102O15/c1-3-5-7-9-11-13-15-17-19-21-22-23-24-26-27-29-31-33-35-37-39-41-50(61)69-44-47(72-51(62)42-40-38-36-34-32-30-28-25-20-18-16-14-12-10-8-6-4-2)45-70-58-57(68)55(66)53(64)49(74-58)46-71-59-56(67)54(65)52(63)48(43-60)73-59/h6,8,12,14,18,20,28,30,34,36,47-49,52-60,63-68H,3-5,7,9-11,13,15-17,19,21-27,29,31-33,35,37-46H2,1-2H3/b8-6-,14-12-,20-18-,30-28-,36-34-. The van der Waals surface area contributed by atoms with Gasteiger partial charge in [-0.15, -0.1) is 0 Å². The normalized spacial score (nSPS) is 25.1. The van der Waals surface area contributed by atoms with Gasteiger partial charge in [-0.2, -0.15) is 0 Å². The molecule has 2 fully saturated rings. The fraction of sp³-hybridized carbons (Fsp3) is 0.797. The molecular weight excluding hydrogens is 949 g/mol. The zero-order chi connectivity index (χ0) is 53.9. The van der Waals surface area contributed by atoms with Crippen molar-refractivity contribution in [3.05, 3.63) is 60.8 Å². The number of unbranched alkanes of at least 4 members (excludes halogenated alkanes) is 21. The molecule has 0 aromatic rings. The summed E-state index contributed by atoms with van der Waals surface area (Å²) in [5.74, 6) is -0.988. The lowest BCUT2D eigenvalue weighted by Gasteiger charge is -2.42. The van der Waals surface area contributed by atoms with E-state index >= 15 is 0 Å². The summed E-state index contributed by atoms with van der Waals surface area (Å²) in [4.78, 5) is 25.9. The van der Waals surface area contributed by atoms with Crippen LogP contribution in [0.4, 0.5) is 0 Å². The van der Waals surface area contributed by atoms with Crippen LogP contribution in [0.1, 0.15) is 206 Å². The molecule has 2 saturated heterocycles. The fourth-order valence-electron chi connectivity index (χ4n) is 8.84. The molecule has 15 nitrogen and oxygen atoms in total. The molecule has 11 atom stereocenters. The van der Waals surface area contributed by atoms with E-state index in [2.05, 4.69) is 62.5 Å². The lowest BCUT2D eigenvalue weighted by molar-refractivity contribution is -0.332. The summed E-state index contributed by atoms with van der Waals surface area (Å²) in [5, 5.41) is 72.2. The molecule has 0 amide bonds. The molecule has 74 heavy (non-hydrogen) atoms. The Morgan fingerprint density at radius 3 is 1.32 bits per heavy atom. The van der Waals surface area contributed by atoms with Crippen molar-refractivity contribution in [1.29, 1.82) is 0 Å². The van der Waals surface area contributed by atoms with Crippen LogP contribution in [0.3, 0.4) is 0 Å². The number of aliphatic hydroxyl groups excluding tert-OH is 7. The summed E-state index contributed by atoms with van der Waals surface area (Å²) < 4.78 is 33.6. The molecule has 15 heteroatoms. The third-order valence-corrected chi connectivity index (χ3v) is 13.5. The lowest BCUT2D eigenvalue weighted by atomic mass is 9.98. The van der Waals surface area contributed by atoms with E-state index in [9.17, 15) is 45.3 Å². The van der Waals surface area contributed by atoms with Crippen molar-refractivity contribution in [2.75, 3.05) is 26.4 Å². The SMILES string of the molecule is CC/C=C\C/C=C\C/C=C\C/C=C\C/C=C\CCCC(=O)OC(COC(=O)CCCCCCCCCCCCCCCCCCCCCCC)COC1OC(COC2OC(CO)C(O)C(O)C2O)C(O)C(O)C1O. The van der Waals surface area contributed by atoms with Crippen molar-refractivity contribution >= 4 is 11.9 Å². The molecule has 0 aromatic heterocycles. The highest BCUT2D eigenvalue weighted by Gasteiger charge is 2.47. The van der Waals surface area contributed by atoms with Gasteiger partial charge in [-0.3, -0.25) is 9.59 Å². The van der Waals surface area contributed by atoms with Crippen LogP contribution in [-0.4, -0.2) is 142 Å². The van der Waals surface area contributed by atoms with E-state index in [-0.39, 0.29) is 19.4 Å². The van der Waals surface area contributed by atoms with E-state index in [1.165, 1.54) is 109 Å². The minimum Gasteiger partial charge on any atom is -0.462 e. The van der Waals surface area contributed by atoms with Gasteiger partial charge < -0.3 is 64.2 Å². The maximum atomic E-state index is 13.0. The van der Waals surface area contributed by atoms with E-state index in [1.807, 2.05) is 12.2 Å². The molecule has 11 unspecified atom stereocenters. The number of carbonyl (C=O) groups excluding carboxylic acids is 2. The quantitative estimate of drug-likeness (QED) is 0.0171. The van der Waals surface area contributed by atoms with Crippen LogP contribution in [-0.2, 0) is 38.0 Å². The summed E-state index contributed by atoms with van der Waals surface area (Å²) in [6.07, 6.45) is 36.8. The molecule has 428 valence electrons. The number of carbonyl (C=O) groups is 2. The summed E-state index contributed by atoms with van der Waals surface area (Å²) in [5.41, 5.74) is 0. The molecule has 2 heterocycles. The first-order valence-electron chi connectivity index (χ1n) is 28.9. The number of esters is 2. The third kappa shape index (κ3) is 32.1. The summed E-state index contributed by atoms with van der Waals surface area (Å²) >= 11 is 0. The topological polar surface area (TPSA) is 231 Å². The number of allylic oxidation sites excluding steroid dienone is 10. The first kappa shape index (κ1) is 67.3. The molecule has 7 N–H and O–H groups in total. The van der Waals surface area contributed by atoms with Gasteiger partial charge in [0.25, 0.3) is 0 Å². The number of rotatable bonds is 45. The van der Waals surface area contributed by atoms with Crippen LogP contribution in [0.2, 0.25) is 0 Å². The second-order valence-electron chi connectivity index (χ2n) is 20.1. The lowest BCUT2D eigenvalue weighted by Crippen LogP contribution is -2.61. The smallest absolute Gasteiger partial charge is 0.306 e. The second-order valence-corrected chi connectivity index (χ2v) is 20.1. The van der Waals surface area contributed by atoms with Gasteiger partial charge >= 0.3 is 11.9 Å².